The number of carbonyl (C=O) groups is 1. The number of hydrogen-bond donors (Lipinski definition) is 1. The molecule has 1 heterocycles. The van der Waals surface area contributed by atoms with Gasteiger partial charge in [0.2, 0.25) is 0 Å². The summed E-state index contributed by atoms with van der Waals surface area (Å²) in [6, 6.07) is 1.52. The van der Waals surface area contributed by atoms with E-state index in [1.54, 1.807) is 4.90 Å². The Kier molecular flexibility index (Phi) is 4.75. The number of pyridine rings is 1. The van der Waals surface area contributed by atoms with E-state index in [0.717, 1.165) is 0 Å². The summed E-state index contributed by atoms with van der Waals surface area (Å²) in [5.74, 6) is 0.621. The topological polar surface area (TPSA) is 59.2 Å². The zero-order valence-corrected chi connectivity index (χ0v) is 11.2. The molecule has 17 heavy (non-hydrogen) atoms. The van der Waals surface area contributed by atoms with Crippen LogP contribution in [0.3, 0.4) is 0 Å². The van der Waals surface area contributed by atoms with E-state index >= 15 is 0 Å². The Hall–Kier alpha value is -1.29. The summed E-state index contributed by atoms with van der Waals surface area (Å²) in [6.07, 6.45) is 1.41. The second kappa shape index (κ2) is 5.87. The lowest BCUT2D eigenvalue weighted by molar-refractivity contribution is 0.0746. The molecular weight excluding hydrogens is 238 g/mol. The van der Waals surface area contributed by atoms with Gasteiger partial charge in [0.1, 0.15) is 5.82 Å². The Morgan fingerprint density at radius 2 is 2.24 bits per heavy atom. The minimum absolute atomic E-state index is 0.0969. The summed E-state index contributed by atoms with van der Waals surface area (Å²) in [6.45, 7) is 7.43. The number of rotatable bonds is 4. The van der Waals surface area contributed by atoms with Gasteiger partial charge in [-0.25, -0.2) is 4.98 Å². The van der Waals surface area contributed by atoms with Gasteiger partial charge >= 0.3 is 0 Å². The molecule has 4 nitrogen and oxygen atoms in total. The summed E-state index contributed by atoms with van der Waals surface area (Å²) in [4.78, 5) is 17.8. The molecule has 0 saturated heterocycles. The van der Waals surface area contributed by atoms with Gasteiger partial charge in [0.15, 0.2) is 0 Å². The molecule has 0 saturated carbocycles. The molecule has 0 aliphatic carbocycles. The van der Waals surface area contributed by atoms with Crippen LogP contribution in [0.25, 0.3) is 0 Å². The molecular formula is C12H18ClN3O. The fraction of sp³-hybridized carbons (Fsp3) is 0.500. The lowest BCUT2D eigenvalue weighted by Crippen LogP contribution is -2.34. The van der Waals surface area contributed by atoms with Crippen molar-refractivity contribution >= 4 is 23.3 Å². The lowest BCUT2D eigenvalue weighted by Gasteiger charge is -2.23. The van der Waals surface area contributed by atoms with Crippen LogP contribution in [0.4, 0.5) is 5.82 Å². The van der Waals surface area contributed by atoms with Gasteiger partial charge in [0.25, 0.3) is 5.91 Å². The van der Waals surface area contributed by atoms with E-state index in [9.17, 15) is 4.79 Å². The number of carbonyl (C=O) groups excluding carboxylic acids is 1. The van der Waals surface area contributed by atoms with Gasteiger partial charge in [0.05, 0.1) is 10.6 Å². The number of amides is 1. The normalized spacial score (nSPS) is 10.6. The van der Waals surface area contributed by atoms with Gasteiger partial charge in [-0.2, -0.15) is 0 Å². The lowest BCUT2D eigenvalue weighted by atomic mass is 10.1. The molecule has 1 aromatic rings. The molecule has 2 N–H and O–H groups in total. The van der Waals surface area contributed by atoms with E-state index in [-0.39, 0.29) is 5.91 Å². The van der Waals surface area contributed by atoms with Crippen LogP contribution in [0, 0.1) is 5.92 Å². The molecule has 0 bridgehead atoms. The van der Waals surface area contributed by atoms with Gasteiger partial charge in [-0.3, -0.25) is 4.79 Å². The maximum absolute atomic E-state index is 12.2. The molecule has 1 aromatic heterocycles. The first-order valence-electron chi connectivity index (χ1n) is 5.66. The number of hydrogen-bond acceptors (Lipinski definition) is 3. The largest absolute Gasteiger partial charge is 0.384 e. The van der Waals surface area contributed by atoms with Crippen molar-refractivity contribution in [1.29, 1.82) is 0 Å². The zero-order chi connectivity index (χ0) is 13.0. The number of nitrogen functional groups attached to an aromatic ring is 1. The van der Waals surface area contributed by atoms with Gasteiger partial charge in [-0.15, -0.1) is 0 Å². The number of anilines is 1. The molecule has 5 heteroatoms. The molecule has 94 valence electrons. The minimum Gasteiger partial charge on any atom is -0.384 e. The van der Waals surface area contributed by atoms with Crippen molar-refractivity contribution in [3.05, 3.63) is 22.8 Å². The molecule has 1 amide bonds. The van der Waals surface area contributed by atoms with Crippen LogP contribution in [-0.4, -0.2) is 28.9 Å². The van der Waals surface area contributed by atoms with Gasteiger partial charge in [-0.1, -0.05) is 25.4 Å². The number of halogens is 1. The molecule has 0 spiro atoms. The van der Waals surface area contributed by atoms with Crippen LogP contribution in [-0.2, 0) is 0 Å². The predicted molar refractivity (Wildman–Crippen MR) is 70.1 cm³/mol. The monoisotopic (exact) mass is 255 g/mol. The van der Waals surface area contributed by atoms with E-state index < -0.39 is 0 Å². The summed E-state index contributed by atoms with van der Waals surface area (Å²) in [5.41, 5.74) is 5.99. The average molecular weight is 256 g/mol. The van der Waals surface area contributed by atoms with Crippen molar-refractivity contribution in [3.63, 3.8) is 0 Å². The summed E-state index contributed by atoms with van der Waals surface area (Å²) >= 11 is 5.96. The molecule has 0 aromatic carbocycles. The Balaban J connectivity index is 2.97. The highest BCUT2D eigenvalue weighted by atomic mass is 35.5. The second-order valence-corrected chi connectivity index (χ2v) is 4.73. The Labute approximate surface area is 107 Å². The third-order valence-corrected chi connectivity index (χ3v) is 2.66. The average Bonchev–Trinajstić information content (AvgIpc) is 2.28. The third kappa shape index (κ3) is 3.60. The quantitative estimate of drug-likeness (QED) is 0.899. The highest BCUT2D eigenvalue weighted by Crippen LogP contribution is 2.19. The van der Waals surface area contributed by atoms with E-state index in [0.29, 0.717) is 35.4 Å². The van der Waals surface area contributed by atoms with Crippen molar-refractivity contribution in [3.8, 4) is 0 Å². The smallest absolute Gasteiger partial charge is 0.255 e. The first-order chi connectivity index (χ1) is 7.95. The van der Waals surface area contributed by atoms with Crippen LogP contribution >= 0.6 is 11.6 Å². The number of nitrogens with zero attached hydrogens (tertiary/aromatic N) is 2. The summed E-state index contributed by atoms with van der Waals surface area (Å²) in [7, 11) is 0. The zero-order valence-electron chi connectivity index (χ0n) is 10.4. The van der Waals surface area contributed by atoms with E-state index in [4.69, 9.17) is 17.3 Å². The fourth-order valence-electron chi connectivity index (χ4n) is 1.59. The van der Waals surface area contributed by atoms with E-state index in [2.05, 4.69) is 18.8 Å². The molecule has 0 aliphatic heterocycles. The minimum atomic E-state index is -0.0969. The summed E-state index contributed by atoms with van der Waals surface area (Å²) in [5, 5.41) is 0.339. The fourth-order valence-corrected chi connectivity index (χ4v) is 1.77. The van der Waals surface area contributed by atoms with Gasteiger partial charge < -0.3 is 10.6 Å². The van der Waals surface area contributed by atoms with Gasteiger partial charge in [-0.05, 0) is 18.9 Å². The Morgan fingerprint density at radius 3 is 2.76 bits per heavy atom. The van der Waals surface area contributed by atoms with Crippen LogP contribution in [0.1, 0.15) is 31.1 Å². The third-order valence-electron chi connectivity index (χ3n) is 2.36. The molecule has 0 unspecified atom stereocenters. The molecule has 0 fully saturated rings. The van der Waals surface area contributed by atoms with Crippen molar-refractivity contribution in [1.82, 2.24) is 9.88 Å². The molecule has 0 atom stereocenters. The van der Waals surface area contributed by atoms with Crippen LogP contribution < -0.4 is 5.73 Å². The van der Waals surface area contributed by atoms with Gasteiger partial charge in [0, 0.05) is 19.3 Å². The van der Waals surface area contributed by atoms with Crippen LogP contribution in [0.5, 0.6) is 0 Å². The molecule has 0 aliphatic rings. The Bertz CT molecular complexity index is 407. The van der Waals surface area contributed by atoms with Crippen molar-refractivity contribution in [2.24, 2.45) is 5.92 Å². The maximum atomic E-state index is 12.2. The highest BCUT2D eigenvalue weighted by Gasteiger charge is 2.18. The van der Waals surface area contributed by atoms with Crippen LogP contribution in [0.15, 0.2) is 12.3 Å². The van der Waals surface area contributed by atoms with Crippen molar-refractivity contribution in [2.75, 3.05) is 18.8 Å². The molecule has 1 rings (SSSR count). The predicted octanol–water partition coefficient (Wildman–Crippen LogP) is 2.44. The highest BCUT2D eigenvalue weighted by molar-refractivity contribution is 6.33. The van der Waals surface area contributed by atoms with E-state index in [1.165, 1.54) is 12.3 Å². The maximum Gasteiger partial charge on any atom is 0.255 e. The summed E-state index contributed by atoms with van der Waals surface area (Å²) < 4.78 is 0. The number of aromatic nitrogens is 1. The SMILES string of the molecule is CCN(CC(C)C)C(=O)c1cc(N)ncc1Cl. The van der Waals surface area contributed by atoms with E-state index in [1.807, 2.05) is 6.92 Å². The second-order valence-electron chi connectivity index (χ2n) is 4.33. The van der Waals surface area contributed by atoms with Crippen molar-refractivity contribution in [2.45, 2.75) is 20.8 Å². The first-order valence-corrected chi connectivity index (χ1v) is 6.03. The first kappa shape index (κ1) is 13.8. The Morgan fingerprint density at radius 1 is 1.59 bits per heavy atom. The molecule has 0 radical (unpaired) electrons. The number of nitrogens with two attached hydrogens (primary N) is 1. The van der Waals surface area contributed by atoms with Crippen LogP contribution in [0.2, 0.25) is 5.02 Å². The van der Waals surface area contributed by atoms with Crippen molar-refractivity contribution < 1.29 is 4.79 Å². The standard InChI is InChI=1S/C12H18ClN3O/c1-4-16(7-8(2)3)12(17)9-5-11(14)15-6-10(9)13/h5-6,8H,4,7H2,1-3H3,(H2,14,15).